The van der Waals surface area contributed by atoms with Crippen molar-refractivity contribution in [3.63, 3.8) is 0 Å². The number of benzene rings is 6. The second-order valence-corrected chi connectivity index (χ2v) is 14.6. The average molecular weight is 632 g/mol. The normalized spacial score (nSPS) is 18.3. The van der Waals surface area contributed by atoms with Crippen molar-refractivity contribution >= 4 is 33.9 Å². The smallest absolute Gasteiger partial charge is 0.0543 e. The molecule has 0 saturated carbocycles. The van der Waals surface area contributed by atoms with Crippen LogP contribution in [0.15, 0.2) is 152 Å². The third-order valence-electron chi connectivity index (χ3n) is 11.1. The number of nitrogens with zero attached hydrogens (tertiary/aromatic N) is 1. The molecule has 2 unspecified atom stereocenters. The highest BCUT2D eigenvalue weighted by atomic mass is 15.1. The quantitative estimate of drug-likeness (QED) is 0.183. The van der Waals surface area contributed by atoms with Crippen LogP contribution in [0.3, 0.4) is 0 Å². The van der Waals surface area contributed by atoms with Gasteiger partial charge in [0.15, 0.2) is 0 Å². The molecule has 0 bridgehead atoms. The van der Waals surface area contributed by atoms with Crippen LogP contribution in [-0.2, 0) is 11.8 Å². The van der Waals surface area contributed by atoms with Gasteiger partial charge in [-0.25, -0.2) is 0 Å². The molecule has 0 spiro atoms. The summed E-state index contributed by atoms with van der Waals surface area (Å²) < 4.78 is 0. The van der Waals surface area contributed by atoms with Crippen molar-refractivity contribution in [2.24, 2.45) is 5.92 Å². The lowest BCUT2D eigenvalue weighted by Crippen LogP contribution is -2.17. The Hall–Kier alpha value is -5.40. The minimum atomic E-state index is -0.102. The van der Waals surface area contributed by atoms with E-state index in [-0.39, 0.29) is 5.41 Å². The Balaban J connectivity index is 1.35. The van der Waals surface area contributed by atoms with Crippen molar-refractivity contribution in [1.82, 2.24) is 0 Å². The summed E-state index contributed by atoms with van der Waals surface area (Å²) in [7, 11) is 0. The van der Waals surface area contributed by atoms with Crippen LogP contribution >= 0.6 is 0 Å². The van der Waals surface area contributed by atoms with Crippen molar-refractivity contribution in [3.05, 3.63) is 180 Å². The summed E-state index contributed by atoms with van der Waals surface area (Å²) in [6, 6.07) is 45.8. The highest BCUT2D eigenvalue weighted by Crippen LogP contribution is 2.52. The third kappa shape index (κ3) is 4.91. The van der Waals surface area contributed by atoms with E-state index < -0.39 is 0 Å². The van der Waals surface area contributed by atoms with E-state index in [0.717, 1.165) is 12.8 Å². The van der Waals surface area contributed by atoms with Gasteiger partial charge in [0.1, 0.15) is 0 Å². The van der Waals surface area contributed by atoms with Crippen molar-refractivity contribution in [2.75, 3.05) is 4.90 Å². The molecule has 0 saturated heterocycles. The Morgan fingerprint density at radius 3 is 2.22 bits per heavy atom. The molecule has 0 aromatic heterocycles. The molecule has 0 aliphatic heterocycles. The zero-order valence-corrected chi connectivity index (χ0v) is 28.5. The van der Waals surface area contributed by atoms with Crippen LogP contribution in [0.4, 0.5) is 17.1 Å². The molecule has 2 atom stereocenters. The van der Waals surface area contributed by atoms with Gasteiger partial charge in [-0.05, 0) is 92.9 Å². The van der Waals surface area contributed by atoms with Gasteiger partial charge in [0.2, 0.25) is 0 Å². The standard InChI is InChI=1S/C48H41N/c1-32-22-25-38-36(28-32)30-47(43-20-11-10-18-40(38)43)49(37-24-27-42-41-19-12-13-21-44(41)48(2,3)45(42)31-37)46-29-35(33-14-6-4-7-15-33)23-26-39(46)34-16-8-5-9-17-34/h4-14,16-27,29-33H,15,28H2,1-3H3. The molecular formula is C48H41N. The number of fused-ring (bicyclic) bond motifs is 6. The summed E-state index contributed by atoms with van der Waals surface area (Å²) in [5.41, 5.74) is 15.6. The molecule has 0 radical (unpaired) electrons. The van der Waals surface area contributed by atoms with Gasteiger partial charge in [0.25, 0.3) is 0 Å². The molecule has 9 rings (SSSR count). The summed E-state index contributed by atoms with van der Waals surface area (Å²) >= 11 is 0. The topological polar surface area (TPSA) is 3.24 Å². The summed E-state index contributed by atoms with van der Waals surface area (Å²) in [4.78, 5) is 2.58. The summed E-state index contributed by atoms with van der Waals surface area (Å²) in [6.45, 7) is 7.09. The lowest BCUT2D eigenvalue weighted by molar-refractivity contribution is 0.660. The fourth-order valence-electron chi connectivity index (χ4n) is 8.55. The molecule has 6 aromatic rings. The maximum Gasteiger partial charge on any atom is 0.0543 e. The summed E-state index contributed by atoms with van der Waals surface area (Å²) in [5.74, 6) is 0.846. The maximum atomic E-state index is 2.58. The van der Waals surface area contributed by atoms with Crippen molar-refractivity contribution in [3.8, 4) is 22.3 Å². The molecule has 0 fully saturated rings. The Labute approximate surface area is 290 Å². The van der Waals surface area contributed by atoms with Crippen molar-refractivity contribution in [1.29, 1.82) is 0 Å². The minimum Gasteiger partial charge on any atom is -0.309 e. The van der Waals surface area contributed by atoms with Gasteiger partial charge in [0.05, 0.1) is 11.4 Å². The first-order valence-corrected chi connectivity index (χ1v) is 17.8. The number of rotatable bonds is 5. The second kappa shape index (κ2) is 11.6. The molecule has 3 aliphatic carbocycles. The van der Waals surface area contributed by atoms with Crippen molar-refractivity contribution < 1.29 is 0 Å². The van der Waals surface area contributed by atoms with Crippen LogP contribution in [0.2, 0.25) is 0 Å². The molecular weight excluding hydrogens is 591 g/mol. The Morgan fingerprint density at radius 1 is 0.633 bits per heavy atom. The van der Waals surface area contributed by atoms with Crippen LogP contribution in [-0.4, -0.2) is 0 Å². The number of hydrogen-bond donors (Lipinski definition) is 0. The molecule has 0 N–H and O–H groups in total. The largest absolute Gasteiger partial charge is 0.309 e. The zero-order chi connectivity index (χ0) is 33.1. The molecule has 0 heterocycles. The molecule has 49 heavy (non-hydrogen) atoms. The fourth-order valence-corrected chi connectivity index (χ4v) is 8.55. The van der Waals surface area contributed by atoms with E-state index in [2.05, 4.69) is 183 Å². The Bertz CT molecular complexity index is 2330. The zero-order valence-electron chi connectivity index (χ0n) is 28.5. The lowest BCUT2D eigenvalue weighted by Gasteiger charge is -2.33. The number of anilines is 3. The molecule has 0 amide bonds. The second-order valence-electron chi connectivity index (χ2n) is 14.6. The predicted octanol–water partition coefficient (Wildman–Crippen LogP) is 13.1. The lowest BCUT2D eigenvalue weighted by atomic mass is 9.82. The SMILES string of the molecule is CC1C=Cc2c(cc(N(c3ccc4c(c3)C(C)(C)c3ccccc3-4)c3cc(C4C=CC=CC4)ccc3-c3ccccc3)c3ccccc23)C1. The van der Waals surface area contributed by atoms with E-state index in [1.807, 2.05) is 0 Å². The minimum absolute atomic E-state index is 0.102. The molecule has 1 heteroatoms. The molecule has 1 nitrogen and oxygen atoms in total. The maximum absolute atomic E-state index is 2.58. The van der Waals surface area contributed by atoms with Crippen LogP contribution in [0, 0.1) is 5.92 Å². The van der Waals surface area contributed by atoms with E-state index in [1.165, 1.54) is 77.9 Å². The first-order chi connectivity index (χ1) is 24.0. The monoisotopic (exact) mass is 631 g/mol. The predicted molar refractivity (Wildman–Crippen MR) is 209 cm³/mol. The highest BCUT2D eigenvalue weighted by molar-refractivity contribution is 6.05. The fraction of sp³-hybridized carbons (Fsp3) is 0.167. The van der Waals surface area contributed by atoms with Gasteiger partial charge in [-0.3, -0.25) is 0 Å². The van der Waals surface area contributed by atoms with Crippen LogP contribution in [0.5, 0.6) is 0 Å². The van der Waals surface area contributed by atoms with E-state index in [1.54, 1.807) is 0 Å². The van der Waals surface area contributed by atoms with Gasteiger partial charge >= 0.3 is 0 Å². The van der Waals surface area contributed by atoms with Crippen LogP contribution in [0.1, 0.15) is 60.9 Å². The van der Waals surface area contributed by atoms with Crippen LogP contribution < -0.4 is 4.90 Å². The summed E-state index contributed by atoms with van der Waals surface area (Å²) in [6.07, 6.45) is 15.8. The van der Waals surface area contributed by atoms with Gasteiger partial charge in [-0.1, -0.05) is 154 Å². The van der Waals surface area contributed by atoms with Crippen LogP contribution in [0.25, 0.3) is 39.1 Å². The Kier molecular flexibility index (Phi) is 7.06. The Morgan fingerprint density at radius 2 is 1.39 bits per heavy atom. The molecule has 238 valence electrons. The molecule has 6 aromatic carbocycles. The molecule has 3 aliphatic rings. The highest BCUT2D eigenvalue weighted by Gasteiger charge is 2.36. The van der Waals surface area contributed by atoms with Gasteiger partial charge < -0.3 is 4.90 Å². The number of allylic oxidation sites excluding steroid dienone is 5. The van der Waals surface area contributed by atoms with E-state index in [4.69, 9.17) is 0 Å². The number of hydrogen-bond acceptors (Lipinski definition) is 1. The van der Waals surface area contributed by atoms with E-state index in [0.29, 0.717) is 11.8 Å². The average Bonchev–Trinajstić information content (AvgIpc) is 3.38. The first kappa shape index (κ1) is 29.7. The van der Waals surface area contributed by atoms with Gasteiger partial charge in [0, 0.05) is 28.0 Å². The van der Waals surface area contributed by atoms with E-state index >= 15 is 0 Å². The van der Waals surface area contributed by atoms with Gasteiger partial charge in [-0.2, -0.15) is 0 Å². The first-order valence-electron chi connectivity index (χ1n) is 17.8. The van der Waals surface area contributed by atoms with Gasteiger partial charge in [-0.15, -0.1) is 0 Å². The van der Waals surface area contributed by atoms with Crippen molar-refractivity contribution in [2.45, 2.75) is 44.9 Å². The summed E-state index contributed by atoms with van der Waals surface area (Å²) in [5, 5.41) is 2.59. The third-order valence-corrected chi connectivity index (χ3v) is 11.1. The van der Waals surface area contributed by atoms with E-state index in [9.17, 15) is 0 Å².